The Morgan fingerprint density at radius 2 is 2.14 bits per heavy atom. The van der Waals surface area contributed by atoms with Crippen LogP contribution in [0.15, 0.2) is 30.8 Å². The predicted molar refractivity (Wildman–Crippen MR) is 84.1 cm³/mol. The monoisotopic (exact) mass is 309 g/mol. The molecule has 0 radical (unpaired) electrons. The van der Waals surface area contributed by atoms with Crippen molar-refractivity contribution in [1.82, 2.24) is 5.32 Å². The molecule has 5 nitrogen and oxygen atoms in total. The lowest BCUT2D eigenvalue weighted by atomic mass is 10.1. The molecule has 0 bridgehead atoms. The van der Waals surface area contributed by atoms with Crippen molar-refractivity contribution in [1.29, 1.82) is 0 Å². The van der Waals surface area contributed by atoms with Crippen LogP contribution in [0.5, 0.6) is 0 Å². The first-order valence-electron chi connectivity index (χ1n) is 6.42. The van der Waals surface area contributed by atoms with Crippen molar-refractivity contribution in [3.05, 3.63) is 42.0 Å². The maximum Gasteiger partial charge on any atom is 0.327 e. The topological polar surface area (TPSA) is 86.6 Å². The number of amides is 1. The highest BCUT2D eigenvalue weighted by Gasteiger charge is 2.19. The molecule has 1 unspecified atom stereocenters. The fourth-order valence-electron chi connectivity index (χ4n) is 1.71. The Morgan fingerprint density at radius 3 is 2.71 bits per heavy atom. The summed E-state index contributed by atoms with van der Waals surface area (Å²) in [6.45, 7) is 4.95. The number of aliphatic hydroxyl groups excluding tert-OH is 1. The summed E-state index contributed by atoms with van der Waals surface area (Å²) < 4.78 is 0. The molecule has 0 aromatic heterocycles. The van der Waals surface area contributed by atoms with Gasteiger partial charge in [-0.2, -0.15) is 11.8 Å². The highest BCUT2D eigenvalue weighted by Crippen LogP contribution is 2.20. The van der Waals surface area contributed by atoms with Crippen LogP contribution < -0.4 is 5.32 Å². The number of carbonyl (C=O) groups is 2. The van der Waals surface area contributed by atoms with Gasteiger partial charge in [0.25, 0.3) is 0 Å². The lowest BCUT2D eigenvalue weighted by molar-refractivity contribution is -0.140. The van der Waals surface area contributed by atoms with Crippen LogP contribution in [0.1, 0.15) is 24.2 Å². The number of hydrogen-bond acceptors (Lipinski definition) is 4. The lowest BCUT2D eigenvalue weighted by Gasteiger charge is -2.15. The second-order valence-electron chi connectivity index (χ2n) is 4.52. The van der Waals surface area contributed by atoms with E-state index in [9.17, 15) is 14.7 Å². The largest absolute Gasteiger partial charge is 0.480 e. The normalized spacial score (nSPS) is 13.2. The van der Waals surface area contributed by atoms with Crippen LogP contribution >= 0.6 is 11.8 Å². The fourth-order valence-corrected chi connectivity index (χ4v) is 2.72. The zero-order chi connectivity index (χ0) is 15.8. The first kappa shape index (κ1) is 17.3. The average Bonchev–Trinajstić information content (AvgIpc) is 2.45. The van der Waals surface area contributed by atoms with Crippen molar-refractivity contribution in [2.24, 2.45) is 0 Å². The molecular formula is C15H19NO4S. The molecule has 21 heavy (non-hydrogen) atoms. The molecule has 0 aliphatic rings. The molecule has 3 N–H and O–H groups in total. The Labute approximate surface area is 128 Å². The highest BCUT2D eigenvalue weighted by molar-refractivity contribution is 7.99. The summed E-state index contributed by atoms with van der Waals surface area (Å²) in [7, 11) is 0. The third kappa shape index (κ3) is 6.01. The van der Waals surface area contributed by atoms with E-state index in [4.69, 9.17) is 5.11 Å². The van der Waals surface area contributed by atoms with E-state index in [1.165, 1.54) is 18.7 Å². The molecule has 1 amide bonds. The summed E-state index contributed by atoms with van der Waals surface area (Å²) in [5.41, 5.74) is 1.67. The van der Waals surface area contributed by atoms with E-state index < -0.39 is 18.1 Å². The maximum atomic E-state index is 11.0. The molecule has 2 atom stereocenters. The van der Waals surface area contributed by atoms with Gasteiger partial charge < -0.3 is 15.5 Å². The molecule has 0 fully saturated rings. The number of hydrogen-bond donors (Lipinski definition) is 3. The van der Waals surface area contributed by atoms with E-state index >= 15 is 0 Å². The molecule has 114 valence electrons. The van der Waals surface area contributed by atoms with Gasteiger partial charge in [0.1, 0.15) is 6.04 Å². The van der Waals surface area contributed by atoms with Crippen molar-refractivity contribution < 1.29 is 19.8 Å². The van der Waals surface area contributed by atoms with Gasteiger partial charge in [0.15, 0.2) is 0 Å². The van der Waals surface area contributed by atoms with Gasteiger partial charge in [0, 0.05) is 18.4 Å². The Hall–Kier alpha value is -1.79. The number of benzene rings is 1. The standard InChI is InChI=1S/C15H19NO4S/c1-3-11-5-4-6-12(7-11)14(18)9-21-8-13(15(19)20)16-10(2)17/h3-7,13-14,18H,1,8-9H2,2H3,(H,16,17)(H,19,20)/t13-,14?/m0/s1. The van der Waals surface area contributed by atoms with Crippen LogP contribution in [0.25, 0.3) is 6.08 Å². The van der Waals surface area contributed by atoms with Crippen LogP contribution in [0.3, 0.4) is 0 Å². The van der Waals surface area contributed by atoms with Crippen molar-refractivity contribution in [2.45, 2.75) is 19.1 Å². The molecule has 1 rings (SSSR count). The van der Waals surface area contributed by atoms with E-state index in [2.05, 4.69) is 11.9 Å². The Bertz CT molecular complexity index is 518. The molecule has 0 saturated heterocycles. The third-order valence-corrected chi connectivity index (χ3v) is 3.89. The minimum atomic E-state index is -1.08. The summed E-state index contributed by atoms with van der Waals surface area (Å²) in [4.78, 5) is 21.9. The molecule has 0 spiro atoms. The van der Waals surface area contributed by atoms with E-state index in [0.717, 1.165) is 11.1 Å². The molecular weight excluding hydrogens is 290 g/mol. The summed E-state index contributed by atoms with van der Waals surface area (Å²) >= 11 is 1.28. The maximum absolute atomic E-state index is 11.0. The second-order valence-corrected chi connectivity index (χ2v) is 5.59. The molecule has 0 saturated carbocycles. The van der Waals surface area contributed by atoms with Gasteiger partial charge in [-0.25, -0.2) is 4.79 Å². The number of carbonyl (C=O) groups excluding carboxylic acids is 1. The van der Waals surface area contributed by atoms with Crippen LogP contribution in [-0.2, 0) is 9.59 Å². The van der Waals surface area contributed by atoms with Crippen LogP contribution in [0.4, 0.5) is 0 Å². The second kappa shape index (κ2) is 8.49. The third-order valence-electron chi connectivity index (χ3n) is 2.77. The molecule has 1 aromatic carbocycles. The molecule has 0 aliphatic carbocycles. The minimum absolute atomic E-state index is 0.202. The quantitative estimate of drug-likeness (QED) is 0.680. The Balaban J connectivity index is 2.51. The fraction of sp³-hybridized carbons (Fsp3) is 0.333. The van der Waals surface area contributed by atoms with E-state index in [0.29, 0.717) is 5.75 Å². The van der Waals surface area contributed by atoms with Crippen LogP contribution in [0, 0.1) is 0 Å². The number of aliphatic carboxylic acids is 1. The number of rotatable bonds is 8. The zero-order valence-corrected chi connectivity index (χ0v) is 12.6. The predicted octanol–water partition coefficient (Wildman–Crippen LogP) is 1.69. The number of nitrogens with one attached hydrogen (secondary N) is 1. The smallest absolute Gasteiger partial charge is 0.327 e. The summed E-state index contributed by atoms with van der Waals surface area (Å²) in [5, 5.41) is 21.4. The lowest BCUT2D eigenvalue weighted by Crippen LogP contribution is -2.41. The van der Waals surface area contributed by atoms with Gasteiger partial charge in [-0.3, -0.25) is 4.79 Å². The number of carboxylic acid groups (broad SMARTS) is 1. The van der Waals surface area contributed by atoms with Gasteiger partial charge >= 0.3 is 5.97 Å². The van der Waals surface area contributed by atoms with E-state index in [-0.39, 0.29) is 11.7 Å². The highest BCUT2D eigenvalue weighted by atomic mass is 32.2. The van der Waals surface area contributed by atoms with Gasteiger partial charge in [-0.15, -0.1) is 0 Å². The SMILES string of the molecule is C=Cc1cccc(C(O)CSC[C@H](NC(C)=O)C(=O)O)c1. The van der Waals surface area contributed by atoms with Crippen LogP contribution in [-0.4, -0.2) is 39.6 Å². The summed E-state index contributed by atoms with van der Waals surface area (Å²) in [5.74, 6) is -0.917. The zero-order valence-electron chi connectivity index (χ0n) is 11.8. The Morgan fingerprint density at radius 1 is 1.43 bits per heavy atom. The van der Waals surface area contributed by atoms with Gasteiger partial charge in [0.05, 0.1) is 6.10 Å². The Kier molecular flexibility index (Phi) is 6.98. The first-order chi connectivity index (χ1) is 9.93. The first-order valence-corrected chi connectivity index (χ1v) is 7.57. The van der Waals surface area contributed by atoms with E-state index in [1.54, 1.807) is 12.1 Å². The number of aliphatic hydroxyl groups is 1. The van der Waals surface area contributed by atoms with Crippen molar-refractivity contribution in [3.63, 3.8) is 0 Å². The molecule has 6 heteroatoms. The van der Waals surface area contributed by atoms with Crippen molar-refractivity contribution >= 4 is 29.7 Å². The minimum Gasteiger partial charge on any atom is -0.480 e. The number of carboxylic acids is 1. The van der Waals surface area contributed by atoms with E-state index in [1.807, 2.05) is 18.2 Å². The van der Waals surface area contributed by atoms with Gasteiger partial charge in [0.2, 0.25) is 5.91 Å². The summed E-state index contributed by atoms with van der Waals surface area (Å²) in [6.07, 6.45) is 1.00. The molecule has 1 aromatic rings. The van der Waals surface area contributed by atoms with Crippen molar-refractivity contribution in [3.8, 4) is 0 Å². The van der Waals surface area contributed by atoms with Gasteiger partial charge in [-0.05, 0) is 17.2 Å². The average molecular weight is 309 g/mol. The summed E-state index contributed by atoms with van der Waals surface area (Å²) in [6, 6.07) is 6.41. The molecule has 0 heterocycles. The van der Waals surface area contributed by atoms with Crippen LogP contribution in [0.2, 0.25) is 0 Å². The number of thioether (sulfide) groups is 1. The van der Waals surface area contributed by atoms with Gasteiger partial charge in [-0.1, -0.05) is 30.9 Å². The molecule has 0 aliphatic heterocycles. The van der Waals surface area contributed by atoms with Crippen molar-refractivity contribution in [2.75, 3.05) is 11.5 Å².